The van der Waals surface area contributed by atoms with Crippen molar-refractivity contribution in [2.24, 2.45) is 0 Å². The molecule has 4 rings (SSSR count). The number of carbonyl (C=O) groups excluding carboxylic acids is 1. The highest BCUT2D eigenvalue weighted by Gasteiger charge is 2.12. The zero-order valence-corrected chi connectivity index (χ0v) is 18.5. The van der Waals surface area contributed by atoms with Gasteiger partial charge >= 0.3 is 0 Å². The molecule has 0 aliphatic heterocycles. The van der Waals surface area contributed by atoms with Crippen LogP contribution in [0.2, 0.25) is 10.0 Å². The monoisotopic (exact) mass is 471 g/mol. The van der Waals surface area contributed by atoms with Crippen LogP contribution in [0, 0.1) is 0 Å². The molecule has 8 nitrogen and oxygen atoms in total. The second kappa shape index (κ2) is 9.76. The zero-order chi connectivity index (χ0) is 22.5. The van der Waals surface area contributed by atoms with Gasteiger partial charge in [0.2, 0.25) is 0 Å². The van der Waals surface area contributed by atoms with Crippen molar-refractivity contribution in [1.82, 2.24) is 19.6 Å². The van der Waals surface area contributed by atoms with Gasteiger partial charge in [0.05, 0.1) is 30.6 Å². The molecule has 0 fully saturated rings. The number of methoxy groups -OCH3 is 1. The first-order chi connectivity index (χ1) is 15.5. The molecule has 32 heavy (non-hydrogen) atoms. The van der Waals surface area contributed by atoms with Gasteiger partial charge in [-0.15, -0.1) is 0 Å². The number of hydrogen-bond donors (Lipinski definition) is 1. The number of rotatable bonds is 8. The maximum atomic E-state index is 12.5. The molecule has 4 aromatic rings. The Morgan fingerprint density at radius 1 is 1.12 bits per heavy atom. The van der Waals surface area contributed by atoms with E-state index in [-0.39, 0.29) is 18.3 Å². The Kier molecular flexibility index (Phi) is 6.63. The third-order valence-corrected chi connectivity index (χ3v) is 5.02. The molecular formula is C22H19Cl2N5O3. The Morgan fingerprint density at radius 2 is 2.00 bits per heavy atom. The molecular weight excluding hydrogens is 453 g/mol. The number of anilines is 1. The van der Waals surface area contributed by atoms with E-state index in [2.05, 4.69) is 15.5 Å². The van der Waals surface area contributed by atoms with Gasteiger partial charge in [0.15, 0.2) is 12.4 Å². The predicted molar refractivity (Wildman–Crippen MR) is 122 cm³/mol. The Bertz CT molecular complexity index is 1240. The van der Waals surface area contributed by atoms with Crippen LogP contribution in [0.3, 0.4) is 0 Å². The molecule has 0 saturated carbocycles. The second-order valence-electron chi connectivity index (χ2n) is 6.82. The third-order valence-electron chi connectivity index (χ3n) is 4.49. The van der Waals surface area contributed by atoms with Crippen molar-refractivity contribution in [2.75, 3.05) is 12.4 Å². The lowest BCUT2D eigenvalue weighted by Crippen LogP contribution is -2.14. The van der Waals surface area contributed by atoms with Crippen molar-refractivity contribution in [2.45, 2.75) is 13.3 Å². The smallest absolute Gasteiger partial charge is 0.276 e. The topological polar surface area (TPSA) is 83.2 Å². The highest BCUT2D eigenvalue weighted by atomic mass is 35.5. The Morgan fingerprint density at radius 3 is 2.81 bits per heavy atom. The summed E-state index contributed by atoms with van der Waals surface area (Å²) in [5, 5.41) is 12.2. The van der Waals surface area contributed by atoms with Gasteiger partial charge in [0, 0.05) is 17.4 Å². The molecule has 0 aliphatic rings. The lowest BCUT2D eigenvalue weighted by molar-refractivity contribution is 0.102. The number of benzene rings is 2. The summed E-state index contributed by atoms with van der Waals surface area (Å²) < 4.78 is 14.1. The number of halogens is 2. The molecule has 1 amide bonds. The fourth-order valence-corrected chi connectivity index (χ4v) is 3.41. The van der Waals surface area contributed by atoms with Gasteiger partial charge in [-0.2, -0.15) is 10.2 Å². The normalized spacial score (nSPS) is 10.7. The van der Waals surface area contributed by atoms with Gasteiger partial charge in [-0.1, -0.05) is 35.3 Å². The van der Waals surface area contributed by atoms with E-state index in [9.17, 15) is 4.79 Å². The van der Waals surface area contributed by atoms with Crippen LogP contribution in [0.25, 0.3) is 0 Å². The predicted octanol–water partition coefficient (Wildman–Crippen LogP) is 4.73. The molecule has 2 heterocycles. The minimum atomic E-state index is -0.353. The molecule has 0 spiro atoms. The summed E-state index contributed by atoms with van der Waals surface area (Å²) >= 11 is 12.0. The van der Waals surface area contributed by atoms with Gasteiger partial charge in [-0.3, -0.25) is 9.48 Å². The van der Waals surface area contributed by atoms with Crippen LogP contribution in [0.15, 0.2) is 67.1 Å². The van der Waals surface area contributed by atoms with Gasteiger partial charge < -0.3 is 14.8 Å². The van der Waals surface area contributed by atoms with Crippen molar-refractivity contribution in [1.29, 1.82) is 0 Å². The average molecular weight is 472 g/mol. The molecule has 0 aliphatic carbocycles. The van der Waals surface area contributed by atoms with Gasteiger partial charge in [0.25, 0.3) is 5.91 Å². The number of ether oxygens (including phenoxy) is 2. The molecule has 0 radical (unpaired) electrons. The summed E-state index contributed by atoms with van der Waals surface area (Å²) in [4.78, 5) is 12.5. The molecule has 0 unspecified atom stereocenters. The SMILES string of the molecule is COc1cccc(Cn2cc(NC(=O)c3ccn(COc4ccc(Cl)cc4Cl)n3)cn2)c1. The van der Waals surface area contributed by atoms with E-state index in [1.54, 1.807) is 54.6 Å². The Balaban J connectivity index is 1.34. The summed E-state index contributed by atoms with van der Waals surface area (Å²) in [6.07, 6.45) is 4.98. The molecule has 0 bridgehead atoms. The maximum Gasteiger partial charge on any atom is 0.276 e. The van der Waals surface area contributed by atoms with Gasteiger partial charge in [-0.25, -0.2) is 4.68 Å². The summed E-state index contributed by atoms with van der Waals surface area (Å²) in [7, 11) is 1.63. The summed E-state index contributed by atoms with van der Waals surface area (Å²) in [5.41, 5.74) is 1.85. The standard InChI is InChI=1S/C22H19Cl2N5O3/c1-31-18-4-2-3-15(9-18)12-29-13-17(11-25-29)26-22(30)20-7-8-28(27-20)14-32-21-6-5-16(23)10-19(21)24/h2-11,13H,12,14H2,1H3,(H,26,30). The first-order valence-corrected chi connectivity index (χ1v) is 10.3. The third kappa shape index (κ3) is 5.40. The number of nitrogens with one attached hydrogen (secondary N) is 1. The second-order valence-corrected chi connectivity index (χ2v) is 7.66. The van der Waals surface area contributed by atoms with E-state index >= 15 is 0 Å². The maximum absolute atomic E-state index is 12.5. The molecule has 10 heteroatoms. The first-order valence-electron chi connectivity index (χ1n) is 9.58. The quantitative estimate of drug-likeness (QED) is 0.401. The molecule has 164 valence electrons. The van der Waals surface area contributed by atoms with Gasteiger partial charge in [-0.05, 0) is 42.0 Å². The first kappa shape index (κ1) is 21.7. The van der Waals surface area contributed by atoms with E-state index in [1.165, 1.54) is 4.68 Å². The zero-order valence-electron chi connectivity index (χ0n) is 17.0. The fourth-order valence-electron chi connectivity index (χ4n) is 2.95. The van der Waals surface area contributed by atoms with Crippen LogP contribution in [-0.2, 0) is 13.3 Å². The molecule has 2 aromatic carbocycles. The molecule has 2 aromatic heterocycles. The van der Waals surface area contributed by atoms with E-state index in [4.69, 9.17) is 32.7 Å². The minimum Gasteiger partial charge on any atom is -0.497 e. The van der Waals surface area contributed by atoms with Crippen molar-refractivity contribution in [3.05, 3.63) is 88.4 Å². The van der Waals surface area contributed by atoms with E-state index in [1.807, 2.05) is 24.3 Å². The van der Waals surface area contributed by atoms with Crippen LogP contribution in [0.1, 0.15) is 16.1 Å². The number of hydrogen-bond acceptors (Lipinski definition) is 5. The van der Waals surface area contributed by atoms with Crippen LogP contribution < -0.4 is 14.8 Å². The number of aromatic nitrogens is 4. The van der Waals surface area contributed by atoms with Crippen LogP contribution in [-0.4, -0.2) is 32.6 Å². The van der Waals surface area contributed by atoms with Crippen molar-refractivity contribution in [3.8, 4) is 11.5 Å². The highest BCUT2D eigenvalue weighted by Crippen LogP contribution is 2.27. The largest absolute Gasteiger partial charge is 0.497 e. The number of nitrogens with zero attached hydrogens (tertiary/aromatic N) is 4. The number of amides is 1. The van der Waals surface area contributed by atoms with Crippen molar-refractivity contribution in [3.63, 3.8) is 0 Å². The summed E-state index contributed by atoms with van der Waals surface area (Å²) in [6.45, 7) is 0.638. The lowest BCUT2D eigenvalue weighted by atomic mass is 10.2. The molecule has 0 atom stereocenters. The van der Waals surface area contributed by atoms with Gasteiger partial charge in [0.1, 0.15) is 11.5 Å². The van der Waals surface area contributed by atoms with Crippen LogP contribution in [0.4, 0.5) is 5.69 Å². The van der Waals surface area contributed by atoms with E-state index < -0.39 is 0 Å². The average Bonchev–Trinajstić information content (AvgIpc) is 3.43. The van der Waals surface area contributed by atoms with E-state index in [0.717, 1.165) is 11.3 Å². The number of carbonyl (C=O) groups is 1. The van der Waals surface area contributed by atoms with Crippen LogP contribution in [0.5, 0.6) is 11.5 Å². The van der Waals surface area contributed by atoms with Crippen LogP contribution >= 0.6 is 23.2 Å². The Hall–Kier alpha value is -3.49. The summed E-state index contributed by atoms with van der Waals surface area (Å²) in [5.74, 6) is 0.899. The highest BCUT2D eigenvalue weighted by molar-refractivity contribution is 6.35. The minimum absolute atomic E-state index is 0.0904. The fraction of sp³-hybridized carbons (Fsp3) is 0.136. The van der Waals surface area contributed by atoms with Crippen molar-refractivity contribution < 1.29 is 14.3 Å². The van der Waals surface area contributed by atoms with Crippen molar-refractivity contribution >= 4 is 34.8 Å². The Labute approximate surface area is 194 Å². The molecule has 0 saturated heterocycles. The molecule has 1 N–H and O–H groups in total. The lowest BCUT2D eigenvalue weighted by Gasteiger charge is -2.08. The van der Waals surface area contributed by atoms with E-state index in [0.29, 0.717) is 28.0 Å². The summed E-state index contributed by atoms with van der Waals surface area (Å²) in [6, 6.07) is 14.3.